The molecule has 2 aromatic rings. The quantitative estimate of drug-likeness (QED) is 0.337. The number of benzene rings is 2. The molecule has 2 heterocycles. The number of likely N-dealkylation sites (tertiary alicyclic amines) is 1. The summed E-state index contributed by atoms with van der Waals surface area (Å²) in [5, 5.41) is 11.7. The SMILES string of the molecule is COc1ccc(C(O)=C2C(=O)C(=O)N(CCCN3CCOCC3)[C@H]2c2cccc(Cl)c2)cc1OC. The molecule has 2 aromatic carbocycles. The number of ether oxygens (including phenoxy) is 3. The van der Waals surface area contributed by atoms with Gasteiger partial charge in [0.1, 0.15) is 5.76 Å². The summed E-state index contributed by atoms with van der Waals surface area (Å²) in [6.07, 6.45) is 0.681. The minimum Gasteiger partial charge on any atom is -0.507 e. The van der Waals surface area contributed by atoms with E-state index in [1.807, 2.05) is 0 Å². The summed E-state index contributed by atoms with van der Waals surface area (Å²) in [5.41, 5.74) is 1.03. The summed E-state index contributed by atoms with van der Waals surface area (Å²) < 4.78 is 16.0. The Kier molecular flexibility index (Phi) is 7.95. The van der Waals surface area contributed by atoms with Crippen LogP contribution in [0, 0.1) is 0 Å². The molecule has 8 nitrogen and oxygen atoms in total. The smallest absolute Gasteiger partial charge is 0.295 e. The van der Waals surface area contributed by atoms with Crippen LogP contribution in [0.2, 0.25) is 5.02 Å². The molecule has 1 atom stereocenters. The zero-order chi connectivity index (χ0) is 24.9. The molecule has 0 unspecified atom stereocenters. The first kappa shape index (κ1) is 25.0. The van der Waals surface area contributed by atoms with Gasteiger partial charge < -0.3 is 24.2 Å². The largest absolute Gasteiger partial charge is 0.507 e. The van der Waals surface area contributed by atoms with E-state index in [4.69, 9.17) is 25.8 Å². The third kappa shape index (κ3) is 5.29. The molecular formula is C26H29ClN2O6. The fourth-order valence-corrected chi connectivity index (χ4v) is 4.76. The number of nitrogens with zero attached hydrogens (tertiary/aromatic N) is 2. The van der Waals surface area contributed by atoms with Crippen molar-refractivity contribution in [3.05, 3.63) is 64.2 Å². The molecule has 1 N–H and O–H groups in total. The average molecular weight is 501 g/mol. The predicted molar refractivity (Wildman–Crippen MR) is 132 cm³/mol. The van der Waals surface area contributed by atoms with Crippen LogP contribution in [0.5, 0.6) is 11.5 Å². The van der Waals surface area contributed by atoms with Crippen LogP contribution in [0.1, 0.15) is 23.6 Å². The molecule has 35 heavy (non-hydrogen) atoms. The van der Waals surface area contributed by atoms with Crippen molar-refractivity contribution in [2.45, 2.75) is 12.5 Å². The summed E-state index contributed by atoms with van der Waals surface area (Å²) in [5.74, 6) is -0.757. The van der Waals surface area contributed by atoms with Crippen molar-refractivity contribution in [1.29, 1.82) is 0 Å². The molecule has 0 aromatic heterocycles. The molecular weight excluding hydrogens is 472 g/mol. The van der Waals surface area contributed by atoms with Crippen LogP contribution in [-0.2, 0) is 14.3 Å². The lowest BCUT2D eigenvalue weighted by atomic mass is 9.95. The van der Waals surface area contributed by atoms with Gasteiger partial charge in [0.15, 0.2) is 11.5 Å². The van der Waals surface area contributed by atoms with Crippen LogP contribution in [0.15, 0.2) is 48.0 Å². The molecule has 2 aliphatic rings. The summed E-state index contributed by atoms with van der Waals surface area (Å²) >= 11 is 6.25. The Balaban J connectivity index is 1.70. The molecule has 0 bridgehead atoms. The van der Waals surface area contributed by atoms with Gasteiger partial charge in [-0.2, -0.15) is 0 Å². The molecule has 4 rings (SSSR count). The van der Waals surface area contributed by atoms with Gasteiger partial charge in [0.25, 0.3) is 11.7 Å². The number of hydrogen-bond donors (Lipinski definition) is 1. The van der Waals surface area contributed by atoms with Gasteiger partial charge in [-0.05, 0) is 42.3 Å². The number of halogens is 1. The minimum atomic E-state index is -0.758. The van der Waals surface area contributed by atoms with Crippen LogP contribution >= 0.6 is 11.6 Å². The zero-order valence-electron chi connectivity index (χ0n) is 19.8. The number of hydrogen-bond acceptors (Lipinski definition) is 7. The fraction of sp³-hybridized carbons (Fsp3) is 0.385. The Morgan fingerprint density at radius 1 is 1.06 bits per heavy atom. The number of methoxy groups -OCH3 is 2. The molecule has 2 aliphatic heterocycles. The molecule has 0 saturated carbocycles. The lowest BCUT2D eigenvalue weighted by molar-refractivity contribution is -0.140. The number of Topliss-reactive ketones (excluding diaryl/α,β-unsaturated/α-hetero) is 1. The van der Waals surface area contributed by atoms with E-state index in [0.717, 1.165) is 19.6 Å². The predicted octanol–water partition coefficient (Wildman–Crippen LogP) is 3.50. The van der Waals surface area contributed by atoms with E-state index in [-0.39, 0.29) is 11.3 Å². The highest BCUT2D eigenvalue weighted by Gasteiger charge is 2.46. The number of carbonyl (C=O) groups excluding carboxylic acids is 2. The lowest BCUT2D eigenvalue weighted by Gasteiger charge is -2.29. The van der Waals surface area contributed by atoms with Gasteiger partial charge in [0.2, 0.25) is 0 Å². The van der Waals surface area contributed by atoms with Gasteiger partial charge in [-0.15, -0.1) is 0 Å². The first-order valence-corrected chi connectivity index (χ1v) is 11.9. The monoisotopic (exact) mass is 500 g/mol. The van der Waals surface area contributed by atoms with Crippen molar-refractivity contribution in [2.24, 2.45) is 0 Å². The van der Waals surface area contributed by atoms with Gasteiger partial charge in [-0.25, -0.2) is 0 Å². The number of carbonyl (C=O) groups is 2. The number of rotatable bonds is 8. The molecule has 0 spiro atoms. The highest BCUT2D eigenvalue weighted by molar-refractivity contribution is 6.46. The Bertz CT molecular complexity index is 1130. The number of amides is 1. The number of aliphatic hydroxyl groups is 1. The van der Waals surface area contributed by atoms with E-state index in [1.54, 1.807) is 42.5 Å². The van der Waals surface area contributed by atoms with E-state index >= 15 is 0 Å². The normalized spacial score (nSPS) is 20.3. The molecule has 2 saturated heterocycles. The van der Waals surface area contributed by atoms with E-state index in [0.29, 0.717) is 53.8 Å². The molecule has 0 radical (unpaired) electrons. The Morgan fingerprint density at radius 2 is 1.80 bits per heavy atom. The van der Waals surface area contributed by atoms with Crippen molar-refractivity contribution in [3.8, 4) is 11.5 Å². The molecule has 2 fully saturated rings. The number of ketones is 1. The fourth-order valence-electron chi connectivity index (χ4n) is 4.56. The summed E-state index contributed by atoms with van der Waals surface area (Å²) in [6, 6.07) is 11.1. The first-order valence-electron chi connectivity index (χ1n) is 11.5. The van der Waals surface area contributed by atoms with Crippen LogP contribution in [0.3, 0.4) is 0 Å². The minimum absolute atomic E-state index is 0.0239. The molecule has 9 heteroatoms. The highest BCUT2D eigenvalue weighted by atomic mass is 35.5. The van der Waals surface area contributed by atoms with Crippen LogP contribution < -0.4 is 9.47 Å². The second kappa shape index (κ2) is 11.1. The standard InChI is InChI=1S/C26H29ClN2O6/c1-33-20-8-7-18(16-21(20)34-2)24(30)22-23(17-5-3-6-19(27)15-17)29(26(32)25(22)31)10-4-9-28-11-13-35-14-12-28/h3,5-8,15-16,23,30H,4,9-14H2,1-2H3/t23-/m0/s1. The van der Waals surface area contributed by atoms with Crippen LogP contribution in [0.25, 0.3) is 5.76 Å². The number of morpholine rings is 1. The highest BCUT2D eigenvalue weighted by Crippen LogP contribution is 2.41. The number of aliphatic hydroxyl groups excluding tert-OH is 1. The van der Waals surface area contributed by atoms with Crippen molar-refractivity contribution in [3.63, 3.8) is 0 Å². The first-order chi connectivity index (χ1) is 16.9. The Labute approximate surface area is 209 Å². The van der Waals surface area contributed by atoms with Crippen molar-refractivity contribution in [2.75, 3.05) is 53.6 Å². The maximum absolute atomic E-state index is 13.2. The van der Waals surface area contributed by atoms with Gasteiger partial charge in [0, 0.05) is 36.8 Å². The molecule has 1 amide bonds. The third-order valence-electron chi connectivity index (χ3n) is 6.34. The average Bonchev–Trinajstić information content (AvgIpc) is 3.13. The zero-order valence-corrected chi connectivity index (χ0v) is 20.6. The third-order valence-corrected chi connectivity index (χ3v) is 6.57. The lowest BCUT2D eigenvalue weighted by Crippen LogP contribution is -2.38. The van der Waals surface area contributed by atoms with E-state index < -0.39 is 17.7 Å². The summed E-state index contributed by atoms with van der Waals surface area (Å²) in [6.45, 7) is 4.22. The molecule has 186 valence electrons. The van der Waals surface area contributed by atoms with Crippen LogP contribution in [0.4, 0.5) is 0 Å². The van der Waals surface area contributed by atoms with Crippen molar-refractivity contribution < 1.29 is 28.9 Å². The van der Waals surface area contributed by atoms with Gasteiger partial charge >= 0.3 is 0 Å². The van der Waals surface area contributed by atoms with Crippen molar-refractivity contribution >= 4 is 29.1 Å². The van der Waals surface area contributed by atoms with E-state index in [1.165, 1.54) is 19.1 Å². The topological polar surface area (TPSA) is 88.5 Å². The van der Waals surface area contributed by atoms with E-state index in [9.17, 15) is 14.7 Å². The van der Waals surface area contributed by atoms with E-state index in [2.05, 4.69) is 4.90 Å². The second-order valence-electron chi connectivity index (χ2n) is 8.42. The summed E-state index contributed by atoms with van der Waals surface area (Å²) in [7, 11) is 3.00. The Morgan fingerprint density at radius 3 is 2.49 bits per heavy atom. The maximum Gasteiger partial charge on any atom is 0.295 e. The van der Waals surface area contributed by atoms with Crippen molar-refractivity contribution in [1.82, 2.24) is 9.80 Å². The maximum atomic E-state index is 13.2. The molecule has 0 aliphatic carbocycles. The van der Waals surface area contributed by atoms with Gasteiger partial charge in [-0.3, -0.25) is 14.5 Å². The van der Waals surface area contributed by atoms with Gasteiger partial charge in [-0.1, -0.05) is 23.7 Å². The van der Waals surface area contributed by atoms with Gasteiger partial charge in [0.05, 0.1) is 39.0 Å². The second-order valence-corrected chi connectivity index (χ2v) is 8.86. The summed E-state index contributed by atoms with van der Waals surface area (Å²) in [4.78, 5) is 30.2. The Hall–Kier alpha value is -3.07. The van der Waals surface area contributed by atoms with Crippen LogP contribution in [-0.4, -0.2) is 80.2 Å².